The summed E-state index contributed by atoms with van der Waals surface area (Å²) in [5.41, 5.74) is -1.30. The van der Waals surface area contributed by atoms with E-state index in [1.165, 1.54) is 31.4 Å². The van der Waals surface area contributed by atoms with Crippen LogP contribution in [0.4, 0.5) is 19.0 Å². The number of aliphatic hydroxyl groups is 1. The highest BCUT2D eigenvalue weighted by Crippen LogP contribution is 2.43. The minimum absolute atomic E-state index is 0.00585. The van der Waals surface area contributed by atoms with Crippen molar-refractivity contribution in [1.82, 2.24) is 19.9 Å². The molecule has 4 aromatic rings. The number of likely N-dealkylation sites (tertiary alicyclic amines) is 1. The Kier molecular flexibility index (Phi) is 9.14. The number of halogens is 3. The van der Waals surface area contributed by atoms with Gasteiger partial charge in [0.05, 0.1) is 33.2 Å². The molecule has 0 saturated carbocycles. The maximum atomic E-state index is 17.1. The van der Waals surface area contributed by atoms with E-state index in [-0.39, 0.29) is 72.0 Å². The van der Waals surface area contributed by atoms with Gasteiger partial charge in [-0.25, -0.2) is 18.2 Å². The standard InChI is InChI=1S/C35H40F3N5O5/c1-6-23-25(37)8-7-20-13-22(44)14-24(26(20)23)29-28(38)30-27(32(39-29)46-5)31(43-11-12-47-19-35(3,45)17-43)41-33(40-30)48-18-34(2)16-42(4)10-9-21(34)15-36/h7-8,13-15,44-45H,6,9-12,16-19H2,1-5H3/b21-15+/t34-,35-/m0/s1. The van der Waals surface area contributed by atoms with Gasteiger partial charge >= 0.3 is 6.01 Å². The number of aromatic hydroxyl groups is 1. The molecule has 4 heterocycles. The van der Waals surface area contributed by atoms with Crippen molar-refractivity contribution < 1.29 is 37.6 Å². The average molecular weight is 668 g/mol. The Morgan fingerprint density at radius 2 is 1.88 bits per heavy atom. The normalized spacial score (nSPS) is 23.2. The molecule has 2 N–H and O–H groups in total. The van der Waals surface area contributed by atoms with Gasteiger partial charge in [-0.2, -0.15) is 9.97 Å². The molecule has 0 radical (unpaired) electrons. The van der Waals surface area contributed by atoms with Gasteiger partial charge in [-0.3, -0.25) is 0 Å². The van der Waals surface area contributed by atoms with Gasteiger partial charge in [-0.1, -0.05) is 19.9 Å². The molecular formula is C35H40F3N5O5. The number of phenolic OH excluding ortho intramolecular Hbond substituents is 1. The van der Waals surface area contributed by atoms with E-state index in [1.807, 2.05) is 14.0 Å². The van der Waals surface area contributed by atoms with Crippen LogP contribution in [0, 0.1) is 17.0 Å². The molecule has 0 bridgehead atoms. The summed E-state index contributed by atoms with van der Waals surface area (Å²) < 4.78 is 63.7. The molecule has 0 aliphatic carbocycles. The summed E-state index contributed by atoms with van der Waals surface area (Å²) in [6, 6.07) is 5.48. The molecule has 2 fully saturated rings. The number of β-amino-alcohol motifs (C(OH)–C–C–N with tert-alkyl or cyclic N) is 1. The Balaban J connectivity index is 1.59. The second-order valence-electron chi connectivity index (χ2n) is 13.3. The van der Waals surface area contributed by atoms with Crippen molar-refractivity contribution in [3.63, 3.8) is 0 Å². The average Bonchev–Trinajstić information content (AvgIpc) is 3.23. The van der Waals surface area contributed by atoms with E-state index in [0.29, 0.717) is 60.7 Å². The minimum atomic E-state index is -1.27. The first kappa shape index (κ1) is 33.7. The number of hydrogen-bond acceptors (Lipinski definition) is 10. The highest BCUT2D eigenvalue weighted by atomic mass is 19.1. The number of ether oxygens (including phenoxy) is 3. The SMILES string of the molecule is CCc1c(F)ccc2cc(O)cc(-c3nc(OC)c4c(N5CCOC[C@@](C)(O)C5)nc(OC[C@]5(C)CN(C)CC/C5=C\F)nc4c3F)c12. The number of methoxy groups -OCH3 is 1. The summed E-state index contributed by atoms with van der Waals surface area (Å²) >= 11 is 0. The number of piperidine rings is 1. The summed E-state index contributed by atoms with van der Waals surface area (Å²) in [6.07, 6.45) is 1.45. The van der Waals surface area contributed by atoms with Crippen LogP contribution < -0.4 is 14.4 Å². The van der Waals surface area contributed by atoms with Gasteiger partial charge in [0, 0.05) is 30.6 Å². The van der Waals surface area contributed by atoms with Gasteiger partial charge in [-0.15, -0.1) is 0 Å². The molecule has 2 aromatic carbocycles. The molecule has 48 heavy (non-hydrogen) atoms. The minimum Gasteiger partial charge on any atom is -0.508 e. The summed E-state index contributed by atoms with van der Waals surface area (Å²) in [5, 5.41) is 22.7. The van der Waals surface area contributed by atoms with Crippen molar-refractivity contribution in [2.24, 2.45) is 5.41 Å². The zero-order valence-electron chi connectivity index (χ0n) is 27.7. The fourth-order valence-electron chi connectivity index (χ4n) is 6.88. The topological polar surface area (TPSA) is 113 Å². The van der Waals surface area contributed by atoms with Crippen molar-refractivity contribution in [3.05, 3.63) is 53.4 Å². The number of rotatable bonds is 7. The Morgan fingerprint density at radius 3 is 2.60 bits per heavy atom. The molecule has 0 spiro atoms. The zero-order valence-corrected chi connectivity index (χ0v) is 27.7. The molecule has 256 valence electrons. The van der Waals surface area contributed by atoms with Crippen LogP contribution in [0.5, 0.6) is 17.6 Å². The number of aryl methyl sites for hydroxylation is 1. The maximum Gasteiger partial charge on any atom is 0.319 e. The number of anilines is 1. The lowest BCUT2D eigenvalue weighted by atomic mass is 9.78. The van der Waals surface area contributed by atoms with Crippen LogP contribution in [-0.4, -0.2) is 95.8 Å². The molecule has 0 amide bonds. The molecule has 6 rings (SSSR count). The Labute approximate surface area is 276 Å². The highest BCUT2D eigenvalue weighted by molar-refractivity contribution is 6.03. The van der Waals surface area contributed by atoms with Crippen LogP contribution >= 0.6 is 0 Å². The lowest BCUT2D eigenvalue weighted by Gasteiger charge is -2.40. The Morgan fingerprint density at radius 1 is 1.08 bits per heavy atom. The molecular weight excluding hydrogens is 627 g/mol. The quantitative estimate of drug-likeness (QED) is 0.260. The summed E-state index contributed by atoms with van der Waals surface area (Å²) in [4.78, 5) is 17.6. The van der Waals surface area contributed by atoms with Crippen LogP contribution in [0.3, 0.4) is 0 Å². The zero-order chi connectivity index (χ0) is 34.4. The molecule has 2 saturated heterocycles. The lowest BCUT2D eigenvalue weighted by molar-refractivity contribution is -0.0123. The number of pyridine rings is 1. The van der Waals surface area contributed by atoms with Crippen LogP contribution in [0.1, 0.15) is 32.8 Å². The molecule has 2 atom stereocenters. The van der Waals surface area contributed by atoms with Crippen LogP contribution in [-0.2, 0) is 11.2 Å². The van der Waals surface area contributed by atoms with Crippen LogP contribution in [0.2, 0.25) is 0 Å². The van der Waals surface area contributed by atoms with E-state index >= 15 is 8.78 Å². The molecule has 2 aromatic heterocycles. The third-order valence-electron chi connectivity index (χ3n) is 9.23. The second-order valence-corrected chi connectivity index (χ2v) is 13.3. The lowest BCUT2D eigenvalue weighted by Crippen LogP contribution is -2.44. The molecule has 2 aliphatic heterocycles. The summed E-state index contributed by atoms with van der Waals surface area (Å²) in [7, 11) is 3.32. The van der Waals surface area contributed by atoms with E-state index in [9.17, 15) is 14.6 Å². The number of benzene rings is 2. The van der Waals surface area contributed by atoms with E-state index < -0.39 is 22.7 Å². The maximum absolute atomic E-state index is 17.1. The predicted octanol–water partition coefficient (Wildman–Crippen LogP) is 5.56. The second kappa shape index (κ2) is 13.0. The molecule has 10 nitrogen and oxygen atoms in total. The Bertz CT molecular complexity index is 1900. The van der Waals surface area contributed by atoms with Crippen molar-refractivity contribution in [1.29, 1.82) is 0 Å². The van der Waals surface area contributed by atoms with Gasteiger partial charge in [-0.05, 0) is 66.9 Å². The fraction of sp³-hybridized carbons (Fsp3) is 0.457. The first-order valence-electron chi connectivity index (χ1n) is 15.9. The third-order valence-corrected chi connectivity index (χ3v) is 9.23. The van der Waals surface area contributed by atoms with E-state index in [4.69, 9.17) is 19.2 Å². The smallest absolute Gasteiger partial charge is 0.319 e. The molecule has 0 unspecified atom stereocenters. The Hall–Kier alpha value is -4.20. The largest absolute Gasteiger partial charge is 0.508 e. The number of phenols is 1. The number of nitrogens with zero attached hydrogens (tertiary/aromatic N) is 5. The third kappa shape index (κ3) is 6.22. The fourth-order valence-corrected chi connectivity index (χ4v) is 6.88. The number of aromatic nitrogens is 3. The number of hydrogen-bond donors (Lipinski definition) is 2. The van der Waals surface area contributed by atoms with Gasteiger partial charge in [0.25, 0.3) is 0 Å². The van der Waals surface area contributed by atoms with Gasteiger partial charge in [0.2, 0.25) is 5.88 Å². The first-order chi connectivity index (χ1) is 22.9. The van der Waals surface area contributed by atoms with Crippen molar-refractivity contribution in [2.75, 3.05) is 65.1 Å². The molecule has 13 heteroatoms. The number of fused-ring (bicyclic) bond motifs is 2. The summed E-state index contributed by atoms with van der Waals surface area (Å²) in [5.74, 6) is -1.33. The van der Waals surface area contributed by atoms with Gasteiger partial charge in [0.1, 0.15) is 46.2 Å². The predicted molar refractivity (Wildman–Crippen MR) is 176 cm³/mol. The van der Waals surface area contributed by atoms with E-state index in [1.54, 1.807) is 18.7 Å². The monoisotopic (exact) mass is 667 g/mol. The van der Waals surface area contributed by atoms with Gasteiger partial charge in [0.15, 0.2) is 5.82 Å². The van der Waals surface area contributed by atoms with Gasteiger partial charge < -0.3 is 34.2 Å². The first-order valence-corrected chi connectivity index (χ1v) is 15.9. The van der Waals surface area contributed by atoms with E-state index in [0.717, 1.165) is 0 Å². The van der Waals surface area contributed by atoms with Crippen LogP contribution in [0.25, 0.3) is 32.9 Å². The highest BCUT2D eigenvalue weighted by Gasteiger charge is 2.37. The van der Waals surface area contributed by atoms with Crippen molar-refractivity contribution in [3.8, 4) is 28.9 Å². The van der Waals surface area contributed by atoms with E-state index in [2.05, 4.69) is 14.9 Å². The van der Waals surface area contributed by atoms with Crippen molar-refractivity contribution in [2.45, 2.75) is 39.2 Å². The molecule has 2 aliphatic rings. The van der Waals surface area contributed by atoms with Crippen LogP contribution in [0.15, 0.2) is 36.2 Å². The summed E-state index contributed by atoms with van der Waals surface area (Å²) in [6.45, 7) is 7.24. The van der Waals surface area contributed by atoms with Crippen molar-refractivity contribution >= 4 is 27.5 Å².